The Morgan fingerprint density at radius 1 is 1.19 bits per heavy atom. The number of benzene rings is 1. The first-order valence-electron chi connectivity index (χ1n) is 12.9. The van der Waals surface area contributed by atoms with Crippen molar-refractivity contribution in [3.63, 3.8) is 0 Å². The molecule has 194 valence electrons. The van der Waals surface area contributed by atoms with Gasteiger partial charge in [0.15, 0.2) is 0 Å². The zero-order valence-electron chi connectivity index (χ0n) is 20.7. The number of aryl methyl sites for hydroxylation is 2. The van der Waals surface area contributed by atoms with Crippen LogP contribution < -0.4 is 5.32 Å². The van der Waals surface area contributed by atoms with Crippen LogP contribution in [0.3, 0.4) is 0 Å². The highest BCUT2D eigenvalue weighted by Gasteiger charge is 2.41. The summed E-state index contributed by atoms with van der Waals surface area (Å²) in [6.07, 6.45) is 7.04. The lowest BCUT2D eigenvalue weighted by Crippen LogP contribution is -2.53. The molecule has 3 N–H and O–H groups in total. The number of carboxylic acids is 1. The van der Waals surface area contributed by atoms with Crippen LogP contribution in [0.5, 0.6) is 0 Å². The van der Waals surface area contributed by atoms with E-state index in [9.17, 15) is 19.8 Å². The highest BCUT2D eigenvalue weighted by Crippen LogP contribution is 2.37. The van der Waals surface area contributed by atoms with Crippen molar-refractivity contribution in [2.45, 2.75) is 57.0 Å². The first kappa shape index (κ1) is 25.1. The van der Waals surface area contributed by atoms with Crippen molar-refractivity contribution in [1.82, 2.24) is 15.0 Å². The summed E-state index contributed by atoms with van der Waals surface area (Å²) in [5, 5.41) is 24.8. The number of aliphatic hydroxyl groups is 1. The minimum atomic E-state index is -1.13. The van der Waals surface area contributed by atoms with Crippen molar-refractivity contribution in [1.29, 1.82) is 0 Å². The number of pyridine rings is 2. The van der Waals surface area contributed by atoms with Gasteiger partial charge in [-0.15, -0.1) is 5.06 Å². The number of carbonyl (C=O) groups excluding carboxylic acids is 1. The summed E-state index contributed by atoms with van der Waals surface area (Å²) in [4.78, 5) is 39.8. The van der Waals surface area contributed by atoms with E-state index in [0.29, 0.717) is 24.3 Å². The van der Waals surface area contributed by atoms with Gasteiger partial charge in [0.1, 0.15) is 11.9 Å². The van der Waals surface area contributed by atoms with Gasteiger partial charge < -0.3 is 20.4 Å². The van der Waals surface area contributed by atoms with E-state index in [1.807, 2.05) is 6.07 Å². The van der Waals surface area contributed by atoms with Gasteiger partial charge in [-0.2, -0.15) is 0 Å². The molecule has 0 saturated heterocycles. The zero-order valence-corrected chi connectivity index (χ0v) is 20.7. The molecule has 1 saturated carbocycles. The molecule has 1 aliphatic carbocycles. The molecule has 9 nitrogen and oxygen atoms in total. The Morgan fingerprint density at radius 3 is 2.86 bits per heavy atom. The van der Waals surface area contributed by atoms with Crippen molar-refractivity contribution < 1.29 is 24.6 Å². The largest absolute Gasteiger partial charge is 0.480 e. The highest BCUT2D eigenvalue weighted by atomic mass is 16.7. The van der Waals surface area contributed by atoms with Gasteiger partial charge in [0.25, 0.3) is 0 Å². The van der Waals surface area contributed by atoms with Crippen LogP contribution in [0.1, 0.15) is 53.7 Å². The summed E-state index contributed by atoms with van der Waals surface area (Å²) >= 11 is 0. The van der Waals surface area contributed by atoms with Gasteiger partial charge in [0, 0.05) is 36.5 Å². The van der Waals surface area contributed by atoms with E-state index in [4.69, 9.17) is 9.82 Å². The van der Waals surface area contributed by atoms with Gasteiger partial charge in [0.05, 0.1) is 11.1 Å². The maximum absolute atomic E-state index is 13.0. The van der Waals surface area contributed by atoms with E-state index in [-0.39, 0.29) is 19.1 Å². The number of carboxylic acid groups (broad SMARTS) is 1. The van der Waals surface area contributed by atoms with Gasteiger partial charge in [-0.1, -0.05) is 12.1 Å². The molecule has 1 atom stereocenters. The lowest BCUT2D eigenvalue weighted by atomic mass is 9.76. The molecule has 5 rings (SSSR count). The lowest BCUT2D eigenvalue weighted by molar-refractivity contribution is -0.204. The SMILES string of the molecule is O=C(ON(C1CC(CCc2ccc3c(n2)NCCC3)C1)[C@@H](CCO)C(=O)O)c1ccc2ncccc2c1. The van der Waals surface area contributed by atoms with E-state index >= 15 is 0 Å². The Hall–Kier alpha value is -3.56. The molecule has 3 heterocycles. The number of carbonyl (C=O) groups is 2. The number of nitrogens with one attached hydrogen (secondary N) is 1. The minimum absolute atomic E-state index is 0.0303. The summed E-state index contributed by atoms with van der Waals surface area (Å²) in [7, 11) is 0. The van der Waals surface area contributed by atoms with E-state index < -0.39 is 18.0 Å². The first-order chi connectivity index (χ1) is 18.0. The van der Waals surface area contributed by atoms with Crippen LogP contribution in [0.25, 0.3) is 10.9 Å². The maximum atomic E-state index is 13.0. The molecule has 1 fully saturated rings. The van der Waals surface area contributed by atoms with E-state index in [0.717, 1.165) is 54.6 Å². The number of hydrogen-bond donors (Lipinski definition) is 3. The van der Waals surface area contributed by atoms with Gasteiger partial charge >= 0.3 is 11.9 Å². The van der Waals surface area contributed by atoms with Crippen LogP contribution in [0.4, 0.5) is 5.82 Å². The fourth-order valence-electron chi connectivity index (χ4n) is 5.23. The van der Waals surface area contributed by atoms with Crippen LogP contribution in [-0.2, 0) is 22.5 Å². The fourth-order valence-corrected chi connectivity index (χ4v) is 5.23. The molecule has 0 radical (unpaired) electrons. The summed E-state index contributed by atoms with van der Waals surface area (Å²) in [6, 6.07) is 11.6. The highest BCUT2D eigenvalue weighted by molar-refractivity contribution is 5.94. The van der Waals surface area contributed by atoms with E-state index in [1.165, 1.54) is 10.6 Å². The molecule has 2 aliphatic rings. The predicted octanol–water partition coefficient (Wildman–Crippen LogP) is 3.61. The minimum Gasteiger partial charge on any atom is -0.480 e. The molecule has 37 heavy (non-hydrogen) atoms. The molecular formula is C28H32N4O5. The number of hydroxylamine groups is 2. The van der Waals surface area contributed by atoms with Crippen molar-refractivity contribution in [2.24, 2.45) is 5.92 Å². The van der Waals surface area contributed by atoms with Gasteiger partial charge in [-0.25, -0.2) is 9.78 Å². The van der Waals surface area contributed by atoms with E-state index in [2.05, 4.69) is 22.4 Å². The normalized spacial score (nSPS) is 19.5. The number of aliphatic carboxylic acids is 1. The molecule has 2 aromatic heterocycles. The number of nitrogens with zero attached hydrogens (tertiary/aromatic N) is 3. The van der Waals surface area contributed by atoms with Crippen LogP contribution >= 0.6 is 0 Å². The van der Waals surface area contributed by atoms with Crippen molar-refractivity contribution in [3.8, 4) is 0 Å². The van der Waals surface area contributed by atoms with Crippen LogP contribution in [0.15, 0.2) is 48.7 Å². The third-order valence-corrected chi connectivity index (χ3v) is 7.35. The van der Waals surface area contributed by atoms with Crippen LogP contribution in [0.2, 0.25) is 0 Å². The number of rotatable bonds is 10. The summed E-state index contributed by atoms with van der Waals surface area (Å²) in [6.45, 7) is 0.637. The fraction of sp³-hybridized carbons (Fsp3) is 0.429. The number of fused-ring (bicyclic) bond motifs is 2. The van der Waals surface area contributed by atoms with Crippen LogP contribution in [-0.4, -0.2) is 62.4 Å². The first-order valence-corrected chi connectivity index (χ1v) is 12.9. The molecule has 3 aromatic rings. The number of aromatic nitrogens is 2. The van der Waals surface area contributed by atoms with Crippen molar-refractivity contribution in [3.05, 3.63) is 65.5 Å². The summed E-state index contributed by atoms with van der Waals surface area (Å²) in [5.41, 5.74) is 3.39. The second-order valence-electron chi connectivity index (χ2n) is 9.89. The third-order valence-electron chi connectivity index (χ3n) is 7.35. The molecule has 0 spiro atoms. The lowest BCUT2D eigenvalue weighted by Gasteiger charge is -2.43. The molecular weight excluding hydrogens is 472 g/mol. The average molecular weight is 505 g/mol. The van der Waals surface area contributed by atoms with Gasteiger partial charge in [-0.3, -0.25) is 9.78 Å². The van der Waals surface area contributed by atoms with Gasteiger partial charge in [0.2, 0.25) is 0 Å². The molecule has 0 amide bonds. The Morgan fingerprint density at radius 2 is 2.05 bits per heavy atom. The smallest absolute Gasteiger partial charge is 0.357 e. The Labute approximate surface area is 215 Å². The Balaban J connectivity index is 1.23. The van der Waals surface area contributed by atoms with Crippen molar-refractivity contribution >= 4 is 28.7 Å². The maximum Gasteiger partial charge on any atom is 0.357 e. The van der Waals surface area contributed by atoms with Gasteiger partial charge in [-0.05, 0) is 86.8 Å². The zero-order chi connectivity index (χ0) is 25.8. The van der Waals surface area contributed by atoms with Crippen molar-refractivity contribution in [2.75, 3.05) is 18.5 Å². The second kappa shape index (κ2) is 11.2. The number of anilines is 1. The topological polar surface area (TPSA) is 125 Å². The Kier molecular flexibility index (Phi) is 7.62. The molecule has 0 bridgehead atoms. The number of aliphatic hydroxyl groups excluding tert-OH is 1. The molecule has 9 heteroatoms. The quantitative estimate of drug-likeness (QED) is 0.355. The standard InChI is InChI=1S/C28H32N4O5/c33-14-11-25(27(34)35)32(37-28(36)21-7-10-24-20(17-21)4-2-12-29-24)23-15-18(16-23)5-8-22-9-6-19-3-1-13-30-26(19)31-22/h2,4,6-7,9-10,12,17-18,23,25,33H,1,3,5,8,11,13-16H2,(H,30,31)(H,34,35)/t18?,23?,25-/m0/s1. The van der Waals surface area contributed by atoms with Crippen LogP contribution in [0, 0.1) is 5.92 Å². The average Bonchev–Trinajstić information content (AvgIpc) is 2.89. The second-order valence-corrected chi connectivity index (χ2v) is 9.89. The monoisotopic (exact) mass is 504 g/mol. The van der Waals surface area contributed by atoms with E-state index in [1.54, 1.807) is 30.5 Å². The number of hydrogen-bond acceptors (Lipinski definition) is 8. The predicted molar refractivity (Wildman–Crippen MR) is 138 cm³/mol. The third kappa shape index (κ3) is 5.73. The summed E-state index contributed by atoms with van der Waals surface area (Å²) in [5.74, 6) is -0.374. The molecule has 0 unspecified atom stereocenters. The molecule has 1 aromatic carbocycles. The Bertz CT molecular complexity index is 1280. The summed E-state index contributed by atoms with van der Waals surface area (Å²) < 4.78 is 0. The molecule has 1 aliphatic heterocycles.